The van der Waals surface area contributed by atoms with Gasteiger partial charge in [0, 0.05) is 54.9 Å². The molecular weight excluding hydrogens is 783 g/mol. The zero-order valence-corrected chi connectivity index (χ0v) is 35.0. The summed E-state index contributed by atoms with van der Waals surface area (Å²) in [6.07, 6.45) is 3.02. The first-order valence-corrected chi connectivity index (χ1v) is 21.9. The molecule has 13 rings (SSSR count). The topological polar surface area (TPSA) is 55.9 Å². The maximum Gasteiger partial charge on any atom is 0.160 e. The van der Waals surface area contributed by atoms with Crippen molar-refractivity contribution in [3.63, 3.8) is 0 Å². The second-order valence-electron chi connectivity index (χ2n) is 16.9. The lowest BCUT2D eigenvalue weighted by molar-refractivity contribution is 0.668. The Morgan fingerprint density at radius 1 is 0.453 bits per heavy atom. The highest BCUT2D eigenvalue weighted by molar-refractivity contribution is 6.23. The number of hydrogen-bond donors (Lipinski definition) is 0. The number of fused-ring (bicyclic) bond motifs is 10. The Kier molecular flexibility index (Phi) is 8.19. The fourth-order valence-electron chi connectivity index (χ4n) is 9.93. The Morgan fingerprint density at radius 2 is 1.09 bits per heavy atom. The van der Waals surface area contributed by atoms with Crippen LogP contribution in [0.5, 0.6) is 0 Å². The smallest absolute Gasteiger partial charge is 0.160 e. The molecule has 0 fully saturated rings. The van der Waals surface area contributed by atoms with E-state index in [-0.39, 0.29) is 5.92 Å². The molecule has 64 heavy (non-hydrogen) atoms. The maximum atomic E-state index is 6.65. The van der Waals surface area contributed by atoms with Crippen molar-refractivity contribution in [2.45, 2.75) is 13.3 Å². The van der Waals surface area contributed by atoms with E-state index in [2.05, 4.69) is 187 Å². The SMILES string of the molecule is CC1C/C=C(c2cc3oc4ccccc4c3cc2-n2c3ccccc3c3cc4ccccc4cc32)/N=C(c2ccc(-c3ccccc3)cc2)\N=C/1c1cccc2oc3ccccc3c12. The highest BCUT2D eigenvalue weighted by Crippen LogP contribution is 2.42. The number of allylic oxidation sites excluding steroid dienone is 1. The Morgan fingerprint density at radius 3 is 1.92 bits per heavy atom. The summed E-state index contributed by atoms with van der Waals surface area (Å²) in [6, 6.07) is 68.6. The monoisotopic (exact) mass is 821 g/mol. The van der Waals surface area contributed by atoms with Gasteiger partial charge in [-0.25, -0.2) is 9.98 Å². The average Bonchev–Trinajstić information content (AvgIpc) is 4.01. The molecule has 0 saturated heterocycles. The highest BCUT2D eigenvalue weighted by atomic mass is 16.3. The molecule has 9 aromatic carbocycles. The van der Waals surface area contributed by atoms with E-state index >= 15 is 0 Å². The van der Waals surface area contributed by atoms with Crippen molar-refractivity contribution in [2.24, 2.45) is 15.9 Å². The third-order valence-corrected chi connectivity index (χ3v) is 13.1. The number of aromatic nitrogens is 1. The van der Waals surface area contributed by atoms with Crippen molar-refractivity contribution < 1.29 is 8.83 Å². The van der Waals surface area contributed by atoms with Crippen LogP contribution in [0.3, 0.4) is 0 Å². The first kappa shape index (κ1) is 36.4. The van der Waals surface area contributed by atoms with Crippen molar-refractivity contribution >= 4 is 93.7 Å². The lowest BCUT2D eigenvalue weighted by Crippen LogP contribution is -2.17. The van der Waals surface area contributed by atoms with Crippen molar-refractivity contribution in [1.82, 2.24) is 4.57 Å². The third kappa shape index (κ3) is 5.78. The van der Waals surface area contributed by atoms with Crippen LogP contribution in [0.4, 0.5) is 0 Å². The van der Waals surface area contributed by atoms with Crippen LogP contribution in [0.15, 0.2) is 219 Å². The predicted molar refractivity (Wildman–Crippen MR) is 266 cm³/mol. The summed E-state index contributed by atoms with van der Waals surface area (Å²) in [5, 5.41) is 9.10. The maximum absolute atomic E-state index is 6.65. The van der Waals surface area contributed by atoms with Gasteiger partial charge in [0.15, 0.2) is 5.84 Å². The molecule has 5 nitrogen and oxygen atoms in total. The van der Waals surface area contributed by atoms with Gasteiger partial charge in [-0.3, -0.25) is 0 Å². The highest BCUT2D eigenvalue weighted by Gasteiger charge is 2.25. The summed E-state index contributed by atoms with van der Waals surface area (Å²) in [5.74, 6) is 0.669. The molecule has 302 valence electrons. The van der Waals surface area contributed by atoms with Crippen LogP contribution in [0.25, 0.3) is 99.0 Å². The lowest BCUT2D eigenvalue weighted by Gasteiger charge is -2.20. The molecule has 0 radical (unpaired) electrons. The van der Waals surface area contributed by atoms with E-state index in [0.717, 1.165) is 99.8 Å². The number of rotatable bonds is 5. The van der Waals surface area contributed by atoms with E-state index in [1.165, 1.54) is 21.5 Å². The molecule has 0 N–H and O–H groups in total. The molecular formula is C59H39N3O2. The van der Waals surface area contributed by atoms with Gasteiger partial charge < -0.3 is 13.4 Å². The van der Waals surface area contributed by atoms with Crippen molar-refractivity contribution in [2.75, 3.05) is 0 Å². The van der Waals surface area contributed by atoms with E-state index < -0.39 is 0 Å². The Labute approximate surface area is 368 Å². The quantitative estimate of drug-likeness (QED) is 0.174. The first-order valence-electron chi connectivity index (χ1n) is 21.9. The number of hydrogen-bond acceptors (Lipinski definition) is 4. The minimum atomic E-state index is 0.0290. The molecule has 3 aromatic heterocycles. The summed E-state index contributed by atoms with van der Waals surface area (Å²) < 4.78 is 15.5. The molecule has 1 aliphatic rings. The Balaban J connectivity index is 1.09. The van der Waals surface area contributed by atoms with Crippen molar-refractivity contribution in [3.8, 4) is 16.8 Å². The molecule has 0 saturated carbocycles. The van der Waals surface area contributed by atoms with Gasteiger partial charge in [-0.1, -0.05) is 159 Å². The molecule has 1 unspecified atom stereocenters. The van der Waals surface area contributed by atoms with E-state index in [1.54, 1.807) is 0 Å². The number of para-hydroxylation sites is 3. The van der Waals surface area contributed by atoms with E-state index in [1.807, 2.05) is 24.3 Å². The van der Waals surface area contributed by atoms with Gasteiger partial charge in [0.2, 0.25) is 0 Å². The van der Waals surface area contributed by atoms with Gasteiger partial charge in [0.05, 0.1) is 28.1 Å². The summed E-state index contributed by atoms with van der Waals surface area (Å²) in [6.45, 7) is 2.27. The second-order valence-corrected chi connectivity index (χ2v) is 16.9. The largest absolute Gasteiger partial charge is 0.456 e. The van der Waals surface area contributed by atoms with Gasteiger partial charge in [0.1, 0.15) is 22.3 Å². The molecule has 12 aromatic rings. The predicted octanol–water partition coefficient (Wildman–Crippen LogP) is 15.7. The lowest BCUT2D eigenvalue weighted by atomic mass is 9.90. The van der Waals surface area contributed by atoms with Crippen molar-refractivity contribution in [1.29, 1.82) is 0 Å². The summed E-state index contributed by atoms with van der Waals surface area (Å²) >= 11 is 0. The first-order chi connectivity index (χ1) is 31.6. The minimum Gasteiger partial charge on any atom is -0.456 e. The molecule has 0 aliphatic carbocycles. The van der Waals surface area contributed by atoms with Gasteiger partial charge in [0.25, 0.3) is 0 Å². The zero-order valence-electron chi connectivity index (χ0n) is 35.0. The van der Waals surface area contributed by atoms with Crippen molar-refractivity contribution in [3.05, 3.63) is 217 Å². The third-order valence-electron chi connectivity index (χ3n) is 13.1. The number of aliphatic imine (C=N–C) groups is 2. The molecule has 0 amide bonds. The fourth-order valence-corrected chi connectivity index (χ4v) is 9.93. The zero-order chi connectivity index (χ0) is 42.3. The summed E-state index contributed by atoms with van der Waals surface area (Å²) in [5.41, 5.74) is 13.7. The molecule has 1 atom stereocenters. The molecule has 0 bridgehead atoms. The van der Waals surface area contributed by atoms with Crippen LogP contribution >= 0.6 is 0 Å². The van der Waals surface area contributed by atoms with Gasteiger partial charge >= 0.3 is 0 Å². The molecule has 5 heteroatoms. The Bertz CT molecular complexity index is 3940. The van der Waals surface area contributed by atoms with Crippen LogP contribution in [0.2, 0.25) is 0 Å². The van der Waals surface area contributed by atoms with Crippen LogP contribution < -0.4 is 0 Å². The minimum absolute atomic E-state index is 0.0290. The van der Waals surface area contributed by atoms with Gasteiger partial charge in [-0.15, -0.1) is 0 Å². The summed E-state index contributed by atoms with van der Waals surface area (Å²) in [4.78, 5) is 11.3. The van der Waals surface area contributed by atoms with Crippen LogP contribution in [0, 0.1) is 5.92 Å². The fraction of sp³-hybridized carbons (Fsp3) is 0.0508. The molecule has 4 heterocycles. The molecule has 1 aliphatic heterocycles. The number of benzene rings is 9. The van der Waals surface area contributed by atoms with Gasteiger partial charge in [-0.2, -0.15) is 0 Å². The molecule has 0 spiro atoms. The van der Waals surface area contributed by atoms with Crippen LogP contribution in [0.1, 0.15) is 30.0 Å². The Hall–Kier alpha value is -8.28. The standard InChI is InChI=1S/C59H39N3O2/c1-36-26-31-49(60-59(39-29-27-38(28-30-39)37-14-3-2-4-15-37)61-58(36)45-21-13-25-55-57(45)44-20-9-12-24-54(44)63-55)48-35-56-47(43-19-8-11-23-53(43)64-56)34-52(48)62-50-22-10-7-18-42(50)46-32-40-16-5-6-17-41(40)33-51(46)62/h2-25,27-36H,26H2,1H3/b49-31+,60-59-,61-58+. The average molecular weight is 822 g/mol. The number of furan rings is 2. The van der Waals surface area contributed by atoms with E-state index in [4.69, 9.17) is 18.8 Å². The number of nitrogens with zero attached hydrogens (tertiary/aromatic N) is 3. The van der Waals surface area contributed by atoms with Crippen LogP contribution in [-0.4, -0.2) is 16.1 Å². The van der Waals surface area contributed by atoms with E-state index in [9.17, 15) is 0 Å². The second kappa shape index (κ2) is 14.4. The van der Waals surface area contributed by atoms with E-state index in [0.29, 0.717) is 12.3 Å². The normalized spacial score (nSPS) is 17.1. The van der Waals surface area contributed by atoms with Crippen LogP contribution in [-0.2, 0) is 0 Å². The number of amidine groups is 1. The summed E-state index contributed by atoms with van der Waals surface area (Å²) in [7, 11) is 0. The van der Waals surface area contributed by atoms with Gasteiger partial charge in [-0.05, 0) is 76.9 Å².